The number of nitrogens with one attached hydrogen (secondary N) is 1. The maximum Gasteiger partial charge on any atom is 0.387 e. The van der Waals surface area contributed by atoms with Crippen molar-refractivity contribution in [3.05, 3.63) is 80.2 Å². The summed E-state index contributed by atoms with van der Waals surface area (Å²) in [6.45, 7) is -1.38. The van der Waals surface area contributed by atoms with Crippen LogP contribution in [0.15, 0.2) is 53.3 Å². The number of ether oxygens (including phenoxy) is 1. The van der Waals surface area contributed by atoms with Crippen LogP contribution in [0.3, 0.4) is 0 Å². The molecule has 0 atom stereocenters. The average Bonchev–Trinajstić information content (AvgIpc) is 2.64. The van der Waals surface area contributed by atoms with Gasteiger partial charge in [-0.15, -0.1) is 0 Å². The number of rotatable bonds is 5. The van der Waals surface area contributed by atoms with E-state index in [1.165, 1.54) is 28.9 Å². The minimum absolute atomic E-state index is 0.131. The van der Waals surface area contributed by atoms with E-state index >= 15 is 0 Å². The molecule has 3 rings (SSSR count). The van der Waals surface area contributed by atoms with E-state index in [4.69, 9.17) is 23.2 Å². The first kappa shape index (κ1) is 20.8. The second kappa shape index (κ2) is 8.59. The lowest BCUT2D eigenvalue weighted by Crippen LogP contribution is -2.27. The van der Waals surface area contributed by atoms with E-state index in [0.29, 0.717) is 16.4 Å². The maximum atomic E-state index is 12.6. The quantitative estimate of drug-likeness (QED) is 0.624. The highest BCUT2D eigenvalue weighted by Gasteiger charge is 2.17. The predicted molar refractivity (Wildman–Crippen MR) is 106 cm³/mol. The summed E-state index contributed by atoms with van der Waals surface area (Å²) in [7, 11) is 0. The van der Waals surface area contributed by atoms with Crippen LogP contribution in [-0.2, 0) is 0 Å². The normalized spacial score (nSPS) is 10.8. The second-order valence-corrected chi connectivity index (χ2v) is 6.65. The van der Waals surface area contributed by atoms with Crippen LogP contribution in [0, 0.1) is 6.92 Å². The number of carbonyl (C=O) groups is 1. The van der Waals surface area contributed by atoms with Crippen molar-refractivity contribution in [2.75, 3.05) is 5.32 Å². The molecule has 0 saturated heterocycles. The molecule has 0 saturated carbocycles. The number of para-hydroxylation sites is 1. The molecule has 0 bridgehead atoms. The molecule has 0 aliphatic carbocycles. The minimum atomic E-state index is -3.03. The number of aryl methyl sites for hydroxylation is 1. The zero-order valence-electron chi connectivity index (χ0n) is 14.8. The van der Waals surface area contributed by atoms with Gasteiger partial charge in [0.05, 0.1) is 15.7 Å². The first-order valence-electron chi connectivity index (χ1n) is 8.18. The van der Waals surface area contributed by atoms with Gasteiger partial charge in [-0.25, -0.2) is 4.68 Å². The van der Waals surface area contributed by atoms with Crippen molar-refractivity contribution in [2.24, 2.45) is 0 Å². The number of alkyl halides is 2. The highest BCUT2D eigenvalue weighted by molar-refractivity contribution is 6.32. The maximum absolute atomic E-state index is 12.6. The molecule has 0 aliphatic rings. The summed E-state index contributed by atoms with van der Waals surface area (Å²) in [5.41, 5.74) is 0.188. The number of amides is 1. The smallest absolute Gasteiger partial charge is 0.387 e. The van der Waals surface area contributed by atoms with Crippen LogP contribution < -0.4 is 15.5 Å². The first-order valence-corrected chi connectivity index (χ1v) is 8.93. The summed E-state index contributed by atoms with van der Waals surface area (Å²) >= 11 is 12.1. The van der Waals surface area contributed by atoms with Crippen LogP contribution >= 0.6 is 23.2 Å². The van der Waals surface area contributed by atoms with Crippen molar-refractivity contribution in [2.45, 2.75) is 13.5 Å². The number of hydrogen-bond donors (Lipinski definition) is 1. The molecule has 10 heteroatoms. The van der Waals surface area contributed by atoms with Gasteiger partial charge >= 0.3 is 6.61 Å². The third-order valence-corrected chi connectivity index (χ3v) is 4.42. The standard InChI is InChI=1S/C19H13Cl2F2N3O3/c1-10-8-15(27)17(25-26(10)14-5-3-2-4-12(14)20)18(28)24-11-6-7-16(13(21)9-11)29-19(22)23/h2-9,19H,1H3,(H,24,28). The molecular weight excluding hydrogens is 427 g/mol. The Kier molecular flexibility index (Phi) is 6.14. The Morgan fingerprint density at radius 1 is 1.14 bits per heavy atom. The van der Waals surface area contributed by atoms with E-state index < -0.39 is 17.9 Å². The largest absolute Gasteiger partial charge is 0.433 e. The molecule has 1 aromatic heterocycles. The number of hydrogen-bond acceptors (Lipinski definition) is 4. The average molecular weight is 440 g/mol. The van der Waals surface area contributed by atoms with Gasteiger partial charge in [0.25, 0.3) is 5.91 Å². The van der Waals surface area contributed by atoms with Crippen molar-refractivity contribution < 1.29 is 18.3 Å². The Balaban J connectivity index is 1.92. The Labute approximate surface area is 173 Å². The van der Waals surface area contributed by atoms with Crippen LogP contribution in [0.4, 0.5) is 14.5 Å². The van der Waals surface area contributed by atoms with E-state index in [-0.39, 0.29) is 22.2 Å². The summed E-state index contributed by atoms with van der Waals surface area (Å²) in [5, 5.41) is 6.84. The van der Waals surface area contributed by atoms with Gasteiger partial charge in [-0.2, -0.15) is 13.9 Å². The molecule has 1 amide bonds. The highest BCUT2D eigenvalue weighted by atomic mass is 35.5. The third-order valence-electron chi connectivity index (χ3n) is 3.81. The Hall–Kier alpha value is -2.97. The van der Waals surface area contributed by atoms with Gasteiger partial charge < -0.3 is 10.1 Å². The number of nitrogens with zero attached hydrogens (tertiary/aromatic N) is 2. The van der Waals surface area contributed by atoms with Gasteiger partial charge in [-0.3, -0.25) is 9.59 Å². The van der Waals surface area contributed by atoms with Crippen molar-refractivity contribution in [3.63, 3.8) is 0 Å². The third kappa shape index (κ3) is 4.72. The molecule has 1 heterocycles. The van der Waals surface area contributed by atoms with Crippen molar-refractivity contribution in [1.29, 1.82) is 0 Å². The zero-order valence-corrected chi connectivity index (χ0v) is 16.3. The molecule has 0 aliphatic heterocycles. The van der Waals surface area contributed by atoms with Crippen LogP contribution in [0.25, 0.3) is 5.69 Å². The predicted octanol–water partition coefficient (Wildman–Crippen LogP) is 4.70. The number of halogens is 4. The van der Waals surface area contributed by atoms with E-state index in [2.05, 4.69) is 15.2 Å². The van der Waals surface area contributed by atoms with E-state index in [0.717, 1.165) is 0 Å². The van der Waals surface area contributed by atoms with Crippen LogP contribution in [-0.4, -0.2) is 22.3 Å². The Bertz CT molecular complexity index is 1140. The first-order chi connectivity index (χ1) is 13.8. The Morgan fingerprint density at radius 2 is 1.86 bits per heavy atom. The lowest BCUT2D eigenvalue weighted by Gasteiger charge is -2.13. The van der Waals surface area contributed by atoms with Gasteiger partial charge in [0.2, 0.25) is 5.43 Å². The van der Waals surface area contributed by atoms with Crippen LogP contribution in [0.2, 0.25) is 10.0 Å². The summed E-state index contributed by atoms with van der Waals surface area (Å²) in [5.74, 6) is -1.04. The lowest BCUT2D eigenvalue weighted by molar-refractivity contribution is -0.0497. The van der Waals surface area contributed by atoms with Crippen LogP contribution in [0.5, 0.6) is 5.75 Å². The zero-order chi connectivity index (χ0) is 21.1. The molecule has 6 nitrogen and oxygen atoms in total. The number of anilines is 1. The number of benzene rings is 2. The topological polar surface area (TPSA) is 73.2 Å². The number of aromatic nitrogens is 2. The fourth-order valence-corrected chi connectivity index (χ4v) is 2.97. The van der Waals surface area contributed by atoms with E-state index in [1.807, 2.05) is 0 Å². The van der Waals surface area contributed by atoms with Crippen molar-refractivity contribution in [1.82, 2.24) is 9.78 Å². The molecule has 150 valence electrons. The molecule has 2 aromatic carbocycles. The van der Waals surface area contributed by atoms with Gasteiger partial charge in [0.15, 0.2) is 5.69 Å². The fourth-order valence-electron chi connectivity index (χ4n) is 2.53. The Morgan fingerprint density at radius 3 is 2.52 bits per heavy atom. The molecule has 0 fully saturated rings. The molecule has 29 heavy (non-hydrogen) atoms. The van der Waals surface area contributed by atoms with Crippen molar-refractivity contribution >= 4 is 34.8 Å². The SMILES string of the molecule is Cc1cc(=O)c(C(=O)Nc2ccc(OC(F)F)c(Cl)c2)nn1-c1ccccc1Cl. The monoisotopic (exact) mass is 439 g/mol. The van der Waals surface area contributed by atoms with Gasteiger partial charge in [0.1, 0.15) is 5.75 Å². The summed E-state index contributed by atoms with van der Waals surface area (Å²) < 4.78 is 30.2. The number of carbonyl (C=O) groups excluding carboxylic acids is 1. The van der Waals surface area contributed by atoms with E-state index in [9.17, 15) is 18.4 Å². The molecule has 1 N–H and O–H groups in total. The fraction of sp³-hybridized carbons (Fsp3) is 0.105. The summed E-state index contributed by atoms with van der Waals surface area (Å²) in [6, 6.07) is 11.8. The van der Waals surface area contributed by atoms with E-state index in [1.54, 1.807) is 31.2 Å². The molecule has 3 aromatic rings. The van der Waals surface area contributed by atoms with Gasteiger partial charge in [-0.1, -0.05) is 35.3 Å². The van der Waals surface area contributed by atoms with Crippen molar-refractivity contribution in [3.8, 4) is 11.4 Å². The minimum Gasteiger partial charge on any atom is -0.433 e. The molecule has 0 spiro atoms. The summed E-state index contributed by atoms with van der Waals surface area (Å²) in [6.07, 6.45) is 0. The van der Waals surface area contributed by atoms with Gasteiger partial charge in [-0.05, 0) is 37.3 Å². The molecule has 0 radical (unpaired) electrons. The molecule has 0 unspecified atom stereocenters. The second-order valence-electron chi connectivity index (χ2n) is 5.84. The van der Waals surface area contributed by atoms with Gasteiger partial charge in [0, 0.05) is 17.4 Å². The summed E-state index contributed by atoms with van der Waals surface area (Å²) in [4.78, 5) is 24.9. The lowest BCUT2D eigenvalue weighted by atomic mass is 10.2. The molecular formula is C19H13Cl2F2N3O3. The highest BCUT2D eigenvalue weighted by Crippen LogP contribution is 2.29. The van der Waals surface area contributed by atoms with Crippen LogP contribution in [0.1, 0.15) is 16.2 Å².